The quantitative estimate of drug-likeness (QED) is 0.218. The summed E-state index contributed by atoms with van der Waals surface area (Å²) in [5.74, 6) is -3.32. The highest BCUT2D eigenvalue weighted by Gasteiger charge is 2.51. The minimum atomic E-state index is -4.59. The number of hydrogen-bond acceptors (Lipinski definition) is 6. The van der Waals surface area contributed by atoms with Crippen LogP contribution in [0.15, 0.2) is 47.5 Å². The predicted molar refractivity (Wildman–Crippen MR) is 142 cm³/mol. The molecule has 7 nitrogen and oxygen atoms in total. The number of aliphatic imine (C=N–C) groups is 1. The maximum atomic E-state index is 13.9. The second-order valence-corrected chi connectivity index (χ2v) is 10.3. The van der Waals surface area contributed by atoms with Gasteiger partial charge in [0.2, 0.25) is 0 Å². The van der Waals surface area contributed by atoms with Gasteiger partial charge in [0, 0.05) is 41.2 Å². The Morgan fingerprint density at radius 3 is 2.55 bits per heavy atom. The van der Waals surface area contributed by atoms with Crippen LogP contribution >= 0.6 is 0 Å². The number of aromatic nitrogens is 1. The summed E-state index contributed by atoms with van der Waals surface area (Å²) < 4.78 is 60.9. The molecule has 0 bridgehead atoms. The minimum Gasteiger partial charge on any atom is -0.490 e. The van der Waals surface area contributed by atoms with Gasteiger partial charge in [0.1, 0.15) is 35.4 Å². The molecular formula is C29H28F4N4O3. The lowest BCUT2D eigenvalue weighted by Crippen LogP contribution is -2.43. The van der Waals surface area contributed by atoms with Crippen LogP contribution in [0.2, 0.25) is 0 Å². The Hall–Kier alpha value is -3.99. The Morgan fingerprint density at radius 1 is 1.23 bits per heavy atom. The number of halogens is 4. The molecule has 40 heavy (non-hydrogen) atoms. The molecule has 210 valence electrons. The number of rotatable bonds is 7. The normalized spacial score (nSPS) is 18.3. The van der Waals surface area contributed by atoms with Gasteiger partial charge in [-0.15, -0.1) is 0 Å². The van der Waals surface area contributed by atoms with Crippen LogP contribution in [-0.2, 0) is 5.60 Å². The van der Waals surface area contributed by atoms with Gasteiger partial charge in [-0.05, 0) is 73.7 Å². The maximum absolute atomic E-state index is 13.9. The highest BCUT2D eigenvalue weighted by atomic mass is 19.4. The van der Waals surface area contributed by atoms with Gasteiger partial charge >= 0.3 is 6.18 Å². The largest absolute Gasteiger partial charge is 0.490 e. The van der Waals surface area contributed by atoms with Gasteiger partial charge in [-0.3, -0.25) is 9.79 Å². The molecule has 1 aliphatic carbocycles. The number of fused-ring (bicyclic) bond motifs is 1. The average molecular weight is 557 g/mol. The number of nitrogen functional groups attached to an aromatic ring is 1. The Bertz CT molecular complexity index is 1490. The molecule has 1 unspecified atom stereocenters. The van der Waals surface area contributed by atoms with Crippen LogP contribution in [0.4, 0.5) is 23.2 Å². The van der Waals surface area contributed by atoms with E-state index in [4.69, 9.17) is 10.5 Å². The molecule has 0 radical (unpaired) electrons. The van der Waals surface area contributed by atoms with E-state index in [1.807, 2.05) is 0 Å². The van der Waals surface area contributed by atoms with Crippen LogP contribution in [-0.4, -0.2) is 48.6 Å². The number of carbonyl (C=O) groups excluding carboxylic acids is 1. The molecule has 2 aromatic carbocycles. The van der Waals surface area contributed by atoms with E-state index in [1.54, 1.807) is 26.1 Å². The number of ether oxygens (including phenoxy) is 1. The Morgan fingerprint density at radius 2 is 1.93 bits per heavy atom. The van der Waals surface area contributed by atoms with Gasteiger partial charge in [0.15, 0.2) is 0 Å². The number of hydrogen-bond donors (Lipinski definition) is 3. The lowest BCUT2D eigenvalue weighted by molar-refractivity contribution is -0.151. The van der Waals surface area contributed by atoms with Crippen molar-refractivity contribution >= 4 is 17.8 Å². The first-order chi connectivity index (χ1) is 18.9. The SMILES string of the molecule is CN=Cc1cc(C(=O)NCC(O)(c2cc3c(c(-c4ccc(F)cc4)n2)OC[C@H]3C(F)(F)F)C2CC2)cc(C)c1N. The van der Waals surface area contributed by atoms with Gasteiger partial charge in [0.05, 0.1) is 12.2 Å². The highest BCUT2D eigenvalue weighted by Crippen LogP contribution is 2.51. The van der Waals surface area contributed by atoms with Crippen molar-refractivity contribution < 1.29 is 32.2 Å². The Labute approximate surface area is 228 Å². The van der Waals surface area contributed by atoms with Gasteiger partial charge in [0.25, 0.3) is 5.91 Å². The molecule has 3 aromatic rings. The number of amides is 1. The van der Waals surface area contributed by atoms with Crippen molar-refractivity contribution in [2.45, 2.75) is 37.5 Å². The van der Waals surface area contributed by atoms with E-state index in [0.717, 1.165) is 0 Å². The summed E-state index contributed by atoms with van der Waals surface area (Å²) in [6, 6.07) is 9.54. The molecule has 5 rings (SSSR count). The molecule has 11 heteroatoms. The zero-order chi connectivity index (χ0) is 28.8. The third-order valence-electron chi connectivity index (χ3n) is 7.45. The Balaban J connectivity index is 1.53. The third-order valence-corrected chi connectivity index (χ3v) is 7.45. The van der Waals surface area contributed by atoms with Crippen molar-refractivity contribution in [1.29, 1.82) is 0 Å². The molecule has 2 aliphatic rings. The summed E-state index contributed by atoms with van der Waals surface area (Å²) >= 11 is 0. The second-order valence-electron chi connectivity index (χ2n) is 10.3. The summed E-state index contributed by atoms with van der Waals surface area (Å²) in [6.07, 6.45) is -1.85. The number of nitrogens with zero attached hydrogens (tertiary/aromatic N) is 2. The number of nitrogens with two attached hydrogens (primary N) is 1. The summed E-state index contributed by atoms with van der Waals surface area (Å²) in [4.78, 5) is 21.7. The van der Waals surface area contributed by atoms with Crippen LogP contribution in [0.3, 0.4) is 0 Å². The fourth-order valence-corrected chi connectivity index (χ4v) is 5.04. The molecule has 1 amide bonds. The van der Waals surface area contributed by atoms with Crippen LogP contribution in [0.25, 0.3) is 11.3 Å². The number of nitrogens with one attached hydrogen (secondary N) is 1. The topological polar surface area (TPSA) is 110 Å². The van der Waals surface area contributed by atoms with Crippen molar-refractivity contribution in [2.24, 2.45) is 10.9 Å². The van der Waals surface area contributed by atoms with Crippen LogP contribution in [0.1, 0.15) is 51.5 Å². The van der Waals surface area contributed by atoms with Crippen molar-refractivity contribution in [2.75, 3.05) is 25.9 Å². The van der Waals surface area contributed by atoms with Crippen molar-refractivity contribution in [3.63, 3.8) is 0 Å². The zero-order valence-electron chi connectivity index (χ0n) is 21.8. The number of pyridine rings is 1. The number of anilines is 1. The summed E-state index contributed by atoms with van der Waals surface area (Å²) in [6.45, 7) is 0.837. The van der Waals surface area contributed by atoms with Crippen LogP contribution < -0.4 is 15.8 Å². The predicted octanol–water partition coefficient (Wildman–Crippen LogP) is 4.89. The van der Waals surface area contributed by atoms with Crippen molar-refractivity contribution in [3.8, 4) is 17.0 Å². The Kier molecular flexibility index (Phi) is 7.03. The molecule has 1 saturated carbocycles. The summed E-state index contributed by atoms with van der Waals surface area (Å²) in [7, 11) is 1.58. The number of carbonyl (C=O) groups is 1. The molecule has 0 spiro atoms. The second kappa shape index (κ2) is 10.2. The van der Waals surface area contributed by atoms with Gasteiger partial charge in [-0.25, -0.2) is 9.37 Å². The maximum Gasteiger partial charge on any atom is 0.399 e. The zero-order valence-corrected chi connectivity index (χ0v) is 21.8. The molecule has 2 atom stereocenters. The van der Waals surface area contributed by atoms with Crippen molar-refractivity contribution in [3.05, 3.63) is 76.2 Å². The van der Waals surface area contributed by atoms with E-state index >= 15 is 0 Å². The lowest BCUT2D eigenvalue weighted by atomic mass is 9.88. The van der Waals surface area contributed by atoms with Crippen LogP contribution in [0.5, 0.6) is 5.75 Å². The monoisotopic (exact) mass is 556 g/mol. The standard InChI is InChI=1S/C29H28F4N4O3/c1-15-9-17(10-18(12-35-2)24(15)34)27(38)36-14-28(39,19-5-6-19)23-11-21-22(29(31,32)33)13-40-26(21)25(37-23)16-3-7-20(30)8-4-16/h3-4,7-12,19,22,39H,5-6,13-14,34H2,1-2H3,(H,36,38)/t22-,28?/m1/s1. The van der Waals surface area contributed by atoms with E-state index in [1.165, 1.54) is 36.5 Å². The highest BCUT2D eigenvalue weighted by molar-refractivity contribution is 5.98. The van der Waals surface area contributed by atoms with E-state index in [9.17, 15) is 27.5 Å². The number of aliphatic hydroxyl groups is 1. The first kappa shape index (κ1) is 27.6. The van der Waals surface area contributed by atoms with Crippen LogP contribution in [0, 0.1) is 18.7 Å². The fraction of sp³-hybridized carbons (Fsp3) is 0.345. The third kappa shape index (κ3) is 5.13. The summed E-state index contributed by atoms with van der Waals surface area (Å²) in [5, 5.41) is 14.6. The van der Waals surface area contributed by atoms with E-state index < -0.39 is 36.0 Å². The fourth-order valence-electron chi connectivity index (χ4n) is 5.04. The molecule has 1 aliphatic heterocycles. The minimum absolute atomic E-state index is 0.0135. The summed E-state index contributed by atoms with van der Waals surface area (Å²) in [5.41, 5.74) is 6.57. The molecule has 0 saturated heterocycles. The molecular weight excluding hydrogens is 528 g/mol. The molecule has 4 N–H and O–H groups in total. The first-order valence-electron chi connectivity index (χ1n) is 12.8. The first-order valence-corrected chi connectivity index (χ1v) is 12.8. The van der Waals surface area contributed by atoms with Gasteiger partial charge in [-0.1, -0.05) is 0 Å². The molecule has 2 heterocycles. The number of aryl methyl sites for hydroxylation is 1. The average Bonchev–Trinajstić information content (AvgIpc) is 3.68. The lowest BCUT2D eigenvalue weighted by Gasteiger charge is -2.29. The smallest absolute Gasteiger partial charge is 0.399 e. The van der Waals surface area contributed by atoms with E-state index in [0.29, 0.717) is 40.8 Å². The van der Waals surface area contributed by atoms with E-state index in [-0.39, 0.29) is 35.2 Å². The van der Waals surface area contributed by atoms with Gasteiger partial charge in [-0.2, -0.15) is 13.2 Å². The molecule has 1 aromatic heterocycles. The van der Waals surface area contributed by atoms with E-state index in [2.05, 4.69) is 15.3 Å². The van der Waals surface area contributed by atoms with Crippen molar-refractivity contribution in [1.82, 2.24) is 10.3 Å². The number of alkyl halides is 3. The number of benzene rings is 2. The molecule has 1 fully saturated rings. The van der Waals surface area contributed by atoms with Gasteiger partial charge < -0.3 is 20.9 Å².